The topological polar surface area (TPSA) is 63.2 Å². The normalized spacial score (nSPS) is 20.2. The van der Waals surface area contributed by atoms with Gasteiger partial charge in [-0.25, -0.2) is 12.7 Å². The molecule has 0 bridgehead atoms. The summed E-state index contributed by atoms with van der Waals surface area (Å²) in [5.74, 6) is 0.507. The molecule has 0 N–H and O–H groups in total. The van der Waals surface area contributed by atoms with Gasteiger partial charge >= 0.3 is 0 Å². The summed E-state index contributed by atoms with van der Waals surface area (Å²) < 4.78 is 25.2. The van der Waals surface area contributed by atoms with Gasteiger partial charge in [-0.15, -0.1) is 0 Å². The Labute approximate surface area is 144 Å². The average Bonchev–Trinajstić information content (AvgIpc) is 2.80. The van der Waals surface area contributed by atoms with Crippen molar-refractivity contribution in [1.29, 1.82) is 0 Å². The van der Waals surface area contributed by atoms with E-state index in [1.54, 1.807) is 10.5 Å². The Hall–Kier alpha value is -1.53. The van der Waals surface area contributed by atoms with Gasteiger partial charge in [0, 0.05) is 36.6 Å². The van der Waals surface area contributed by atoms with Gasteiger partial charge in [-0.05, 0) is 55.7 Å². The fourth-order valence-corrected chi connectivity index (χ4v) is 4.43. The zero-order valence-corrected chi connectivity index (χ0v) is 15.2. The molecule has 130 valence electrons. The molecule has 1 unspecified atom stereocenters. The molecule has 0 radical (unpaired) electrons. The van der Waals surface area contributed by atoms with E-state index >= 15 is 0 Å². The Kier molecular flexibility index (Phi) is 5.15. The van der Waals surface area contributed by atoms with Crippen molar-refractivity contribution >= 4 is 20.9 Å². The first-order chi connectivity index (χ1) is 11.5. The fourth-order valence-electron chi connectivity index (χ4n) is 3.53. The Morgan fingerprint density at radius 3 is 2.88 bits per heavy atom. The van der Waals surface area contributed by atoms with Gasteiger partial charge in [0.05, 0.1) is 11.8 Å². The zero-order valence-electron chi connectivity index (χ0n) is 14.4. The summed E-state index contributed by atoms with van der Waals surface area (Å²) >= 11 is 0. The van der Waals surface area contributed by atoms with Gasteiger partial charge in [0.2, 0.25) is 10.0 Å². The first-order valence-corrected chi connectivity index (χ1v) is 10.5. The number of sulfonamides is 1. The van der Waals surface area contributed by atoms with Crippen LogP contribution in [-0.2, 0) is 22.9 Å². The molecule has 0 amide bonds. The van der Waals surface area contributed by atoms with Crippen LogP contribution in [0, 0.1) is 5.92 Å². The Bertz CT molecular complexity index is 820. The molecule has 0 aromatic carbocycles. The van der Waals surface area contributed by atoms with Crippen molar-refractivity contribution in [2.24, 2.45) is 5.92 Å². The summed E-state index contributed by atoms with van der Waals surface area (Å²) in [5.41, 5.74) is 3.41. The van der Waals surface area contributed by atoms with Crippen LogP contribution in [0.2, 0.25) is 0 Å². The number of pyridine rings is 2. The highest BCUT2D eigenvalue weighted by molar-refractivity contribution is 7.88. The monoisotopic (exact) mass is 347 g/mol. The summed E-state index contributed by atoms with van der Waals surface area (Å²) in [6, 6.07) is 4.17. The number of hydrogen-bond donors (Lipinski definition) is 0. The Balaban J connectivity index is 1.82. The minimum absolute atomic E-state index is 0.507. The first kappa shape index (κ1) is 17.3. The van der Waals surface area contributed by atoms with E-state index in [-0.39, 0.29) is 0 Å². The molecule has 1 atom stereocenters. The smallest absolute Gasteiger partial charge is 0.211 e. The van der Waals surface area contributed by atoms with E-state index in [1.165, 1.54) is 11.8 Å². The Morgan fingerprint density at radius 1 is 1.29 bits per heavy atom. The van der Waals surface area contributed by atoms with Crippen LogP contribution in [0.3, 0.4) is 0 Å². The quantitative estimate of drug-likeness (QED) is 0.853. The standard InChI is InChI=1S/C18H25N3O2S/c1-3-16-12-15(17-13-19-8-6-18(17)20-16)11-14-5-4-9-21(10-7-14)24(2,22)23/h6,8,12-14H,3-5,7,9-11H2,1-2H3. The highest BCUT2D eigenvalue weighted by Crippen LogP contribution is 2.26. The fraction of sp³-hybridized carbons (Fsp3) is 0.556. The molecule has 3 rings (SSSR count). The predicted octanol–water partition coefficient (Wildman–Crippen LogP) is 2.80. The molecule has 1 aliphatic rings. The van der Waals surface area contributed by atoms with Crippen LogP contribution in [0.25, 0.3) is 10.9 Å². The highest BCUT2D eigenvalue weighted by Gasteiger charge is 2.23. The van der Waals surface area contributed by atoms with Gasteiger partial charge < -0.3 is 0 Å². The number of aromatic nitrogens is 2. The maximum atomic E-state index is 11.8. The third kappa shape index (κ3) is 3.92. The maximum absolute atomic E-state index is 11.8. The summed E-state index contributed by atoms with van der Waals surface area (Å²) in [7, 11) is -3.08. The summed E-state index contributed by atoms with van der Waals surface area (Å²) in [6.07, 6.45) is 9.79. The van der Waals surface area contributed by atoms with Crippen molar-refractivity contribution in [3.63, 3.8) is 0 Å². The molecule has 6 heteroatoms. The van der Waals surface area contributed by atoms with Gasteiger partial charge in [-0.2, -0.15) is 0 Å². The van der Waals surface area contributed by atoms with Crippen molar-refractivity contribution < 1.29 is 8.42 Å². The zero-order chi connectivity index (χ0) is 17.2. The van der Waals surface area contributed by atoms with Crippen LogP contribution >= 0.6 is 0 Å². The number of rotatable bonds is 4. The number of fused-ring (bicyclic) bond motifs is 1. The minimum atomic E-state index is -3.08. The number of aryl methyl sites for hydroxylation is 1. The van der Waals surface area contributed by atoms with E-state index in [4.69, 9.17) is 0 Å². The summed E-state index contributed by atoms with van der Waals surface area (Å²) in [5, 5.41) is 1.12. The number of nitrogens with zero attached hydrogens (tertiary/aromatic N) is 3. The maximum Gasteiger partial charge on any atom is 0.211 e. The largest absolute Gasteiger partial charge is 0.264 e. The van der Waals surface area contributed by atoms with Gasteiger partial charge in [-0.1, -0.05) is 6.92 Å². The molecule has 3 heterocycles. The molecule has 1 fully saturated rings. The van der Waals surface area contributed by atoms with E-state index in [9.17, 15) is 8.42 Å². The molecule has 1 aliphatic heterocycles. The lowest BCUT2D eigenvalue weighted by molar-refractivity contribution is 0.414. The second-order valence-electron chi connectivity index (χ2n) is 6.68. The van der Waals surface area contributed by atoms with Crippen molar-refractivity contribution in [3.8, 4) is 0 Å². The molecule has 24 heavy (non-hydrogen) atoms. The van der Waals surface area contributed by atoms with Crippen LogP contribution in [0.15, 0.2) is 24.5 Å². The van der Waals surface area contributed by atoms with E-state index in [1.807, 2.05) is 12.3 Å². The number of hydrogen-bond acceptors (Lipinski definition) is 4. The highest BCUT2D eigenvalue weighted by atomic mass is 32.2. The first-order valence-electron chi connectivity index (χ1n) is 8.65. The van der Waals surface area contributed by atoms with Gasteiger partial charge in [0.15, 0.2) is 0 Å². The van der Waals surface area contributed by atoms with Gasteiger partial charge in [0.1, 0.15) is 0 Å². The summed E-state index contributed by atoms with van der Waals surface area (Å²) in [6.45, 7) is 3.40. The van der Waals surface area contributed by atoms with Crippen molar-refractivity contribution in [3.05, 3.63) is 35.8 Å². The van der Waals surface area contributed by atoms with Crippen molar-refractivity contribution in [1.82, 2.24) is 14.3 Å². The lowest BCUT2D eigenvalue weighted by Crippen LogP contribution is -2.30. The lowest BCUT2D eigenvalue weighted by Gasteiger charge is -2.18. The molecule has 0 aliphatic carbocycles. The van der Waals surface area contributed by atoms with Crippen molar-refractivity contribution in [2.45, 2.75) is 39.0 Å². The minimum Gasteiger partial charge on any atom is -0.264 e. The van der Waals surface area contributed by atoms with E-state index < -0.39 is 10.0 Å². The van der Waals surface area contributed by atoms with E-state index in [0.717, 1.165) is 48.7 Å². The van der Waals surface area contributed by atoms with E-state index in [0.29, 0.717) is 19.0 Å². The van der Waals surface area contributed by atoms with Crippen LogP contribution in [-0.4, -0.2) is 42.0 Å². The second-order valence-corrected chi connectivity index (χ2v) is 8.66. The molecular formula is C18H25N3O2S. The third-order valence-corrected chi connectivity index (χ3v) is 6.20. The molecular weight excluding hydrogens is 322 g/mol. The third-order valence-electron chi connectivity index (χ3n) is 4.90. The average molecular weight is 347 g/mol. The molecule has 0 saturated carbocycles. The molecule has 1 saturated heterocycles. The van der Waals surface area contributed by atoms with Crippen LogP contribution in [0.4, 0.5) is 0 Å². The predicted molar refractivity (Wildman–Crippen MR) is 96.4 cm³/mol. The summed E-state index contributed by atoms with van der Waals surface area (Å²) in [4.78, 5) is 8.94. The molecule has 2 aromatic rings. The molecule has 2 aromatic heterocycles. The van der Waals surface area contributed by atoms with Crippen LogP contribution in [0.1, 0.15) is 37.4 Å². The molecule has 0 spiro atoms. The van der Waals surface area contributed by atoms with Gasteiger partial charge in [0.25, 0.3) is 0 Å². The van der Waals surface area contributed by atoms with Crippen LogP contribution < -0.4 is 0 Å². The van der Waals surface area contributed by atoms with Crippen molar-refractivity contribution in [2.75, 3.05) is 19.3 Å². The lowest BCUT2D eigenvalue weighted by atomic mass is 9.91. The molecule has 5 nitrogen and oxygen atoms in total. The Morgan fingerprint density at radius 2 is 2.12 bits per heavy atom. The van der Waals surface area contributed by atoms with Gasteiger partial charge in [-0.3, -0.25) is 9.97 Å². The second kappa shape index (κ2) is 7.15. The SMILES string of the molecule is CCc1cc(CC2CCCN(S(C)(=O)=O)CC2)c2cnccc2n1. The van der Waals surface area contributed by atoms with E-state index in [2.05, 4.69) is 23.0 Å². The van der Waals surface area contributed by atoms with Crippen LogP contribution in [0.5, 0.6) is 0 Å².